The molecule has 0 bridgehead atoms. The van der Waals surface area contributed by atoms with Crippen LogP contribution in [0.2, 0.25) is 0 Å². The summed E-state index contributed by atoms with van der Waals surface area (Å²) in [6.07, 6.45) is 8.53. The molecule has 1 N–H and O–H groups in total. The maximum atomic E-state index is 12.4. The van der Waals surface area contributed by atoms with E-state index in [4.69, 9.17) is 0 Å². The lowest BCUT2D eigenvalue weighted by Gasteiger charge is -2.50. The number of hydrogen-bond acceptors (Lipinski definition) is 3. The molecule has 1 amide bonds. The molecule has 2 saturated carbocycles. The van der Waals surface area contributed by atoms with Gasteiger partial charge in [0, 0.05) is 36.8 Å². The highest BCUT2D eigenvalue weighted by Gasteiger charge is 2.51. The van der Waals surface area contributed by atoms with Gasteiger partial charge in [0.25, 0.3) is 0 Å². The summed E-state index contributed by atoms with van der Waals surface area (Å²) in [7, 11) is 0. The highest BCUT2D eigenvalue weighted by Crippen LogP contribution is 2.52. The van der Waals surface area contributed by atoms with Crippen LogP contribution in [0.3, 0.4) is 0 Å². The van der Waals surface area contributed by atoms with Crippen molar-refractivity contribution in [2.24, 2.45) is 11.3 Å². The molecule has 1 aliphatic heterocycles. The van der Waals surface area contributed by atoms with Gasteiger partial charge in [-0.1, -0.05) is 6.07 Å². The summed E-state index contributed by atoms with van der Waals surface area (Å²) >= 11 is 0. The monoisotopic (exact) mass is 325 g/mol. The van der Waals surface area contributed by atoms with E-state index in [1.54, 1.807) is 0 Å². The molecule has 3 aliphatic rings. The van der Waals surface area contributed by atoms with Gasteiger partial charge in [-0.3, -0.25) is 4.79 Å². The van der Waals surface area contributed by atoms with E-state index in [-0.39, 0.29) is 17.9 Å². The van der Waals surface area contributed by atoms with Crippen molar-refractivity contribution in [2.75, 3.05) is 13.1 Å². The highest BCUT2D eigenvalue weighted by molar-refractivity contribution is 5.80. The first kappa shape index (κ1) is 14.5. The summed E-state index contributed by atoms with van der Waals surface area (Å²) in [4.78, 5) is 14.4. The summed E-state index contributed by atoms with van der Waals surface area (Å²) < 4.78 is 1.96. The van der Waals surface area contributed by atoms with Gasteiger partial charge < -0.3 is 10.0 Å². The number of aliphatic hydroxyl groups is 1. The van der Waals surface area contributed by atoms with Crippen molar-refractivity contribution in [2.45, 2.75) is 44.1 Å². The van der Waals surface area contributed by atoms with E-state index in [0.717, 1.165) is 13.1 Å². The van der Waals surface area contributed by atoms with Crippen LogP contribution < -0.4 is 0 Å². The number of pyridine rings is 1. The zero-order chi connectivity index (χ0) is 16.3. The number of likely N-dealkylation sites (tertiary alicyclic amines) is 1. The van der Waals surface area contributed by atoms with E-state index in [2.05, 4.69) is 23.3 Å². The second-order valence-corrected chi connectivity index (χ2v) is 8.08. The van der Waals surface area contributed by atoms with Gasteiger partial charge >= 0.3 is 0 Å². The van der Waals surface area contributed by atoms with Gasteiger partial charge in [0.2, 0.25) is 5.91 Å². The molecule has 5 nitrogen and oxygen atoms in total. The van der Waals surface area contributed by atoms with E-state index in [0.29, 0.717) is 24.2 Å². The number of fused-ring (bicyclic) bond motifs is 1. The Morgan fingerprint density at radius 2 is 2.12 bits per heavy atom. The Kier molecular flexibility index (Phi) is 3.05. The second kappa shape index (κ2) is 5.06. The Balaban J connectivity index is 1.27. The third-order valence-corrected chi connectivity index (χ3v) is 6.44. The fraction of sp³-hybridized carbons (Fsp3) is 0.579. The molecule has 1 saturated heterocycles. The smallest absolute Gasteiger partial charge is 0.225 e. The molecule has 24 heavy (non-hydrogen) atoms. The number of nitrogens with zero attached hydrogens (tertiary/aromatic N) is 3. The topological polar surface area (TPSA) is 57.8 Å². The quantitative estimate of drug-likeness (QED) is 0.921. The van der Waals surface area contributed by atoms with Gasteiger partial charge in [-0.15, -0.1) is 0 Å². The van der Waals surface area contributed by atoms with E-state index >= 15 is 0 Å². The van der Waals surface area contributed by atoms with Gasteiger partial charge in [-0.2, -0.15) is 5.10 Å². The Morgan fingerprint density at radius 3 is 2.92 bits per heavy atom. The van der Waals surface area contributed by atoms with Crippen molar-refractivity contribution in [3.63, 3.8) is 0 Å². The molecule has 2 aromatic heterocycles. The van der Waals surface area contributed by atoms with Crippen molar-refractivity contribution < 1.29 is 9.90 Å². The van der Waals surface area contributed by atoms with Crippen LogP contribution in [0, 0.1) is 11.3 Å². The lowest BCUT2D eigenvalue weighted by atomic mass is 9.74. The molecule has 126 valence electrons. The number of carbonyl (C=O) groups is 1. The number of amides is 1. The van der Waals surface area contributed by atoms with E-state index in [1.807, 2.05) is 21.8 Å². The summed E-state index contributed by atoms with van der Waals surface area (Å²) in [5, 5.41) is 13.7. The Labute approximate surface area is 141 Å². The molecule has 2 aliphatic carbocycles. The minimum atomic E-state index is -0.249. The number of rotatable bonds is 2. The fourth-order valence-corrected chi connectivity index (χ4v) is 5.05. The summed E-state index contributed by atoms with van der Waals surface area (Å²) in [5.41, 5.74) is 2.95. The molecule has 0 radical (unpaired) electrons. The van der Waals surface area contributed by atoms with Crippen LogP contribution in [0.5, 0.6) is 0 Å². The van der Waals surface area contributed by atoms with Crippen LogP contribution in [0.4, 0.5) is 0 Å². The minimum absolute atomic E-state index is 0.0788. The minimum Gasteiger partial charge on any atom is -0.393 e. The van der Waals surface area contributed by atoms with Gasteiger partial charge in [-0.05, 0) is 55.7 Å². The van der Waals surface area contributed by atoms with E-state index in [9.17, 15) is 9.90 Å². The molecule has 3 fully saturated rings. The van der Waals surface area contributed by atoms with Gasteiger partial charge in [0.05, 0.1) is 11.6 Å². The molecular weight excluding hydrogens is 302 g/mol. The average Bonchev–Trinajstić information content (AvgIpc) is 3.16. The van der Waals surface area contributed by atoms with Crippen molar-refractivity contribution in [3.8, 4) is 0 Å². The first-order chi connectivity index (χ1) is 11.6. The first-order valence-corrected chi connectivity index (χ1v) is 9.03. The van der Waals surface area contributed by atoms with E-state index in [1.165, 1.54) is 30.3 Å². The van der Waals surface area contributed by atoms with Gasteiger partial charge in [0.1, 0.15) is 0 Å². The highest BCUT2D eigenvalue weighted by atomic mass is 16.3. The molecule has 0 aromatic carbocycles. The maximum absolute atomic E-state index is 12.4. The molecule has 3 heterocycles. The molecular formula is C19H23N3O2. The van der Waals surface area contributed by atoms with Crippen LogP contribution in [0.1, 0.15) is 43.6 Å². The molecule has 5 heteroatoms. The number of hydrogen-bond donors (Lipinski definition) is 1. The van der Waals surface area contributed by atoms with Crippen LogP contribution in [-0.4, -0.2) is 44.7 Å². The van der Waals surface area contributed by atoms with E-state index < -0.39 is 0 Å². The molecule has 1 spiro atoms. The lowest BCUT2D eigenvalue weighted by Crippen LogP contribution is -2.60. The lowest BCUT2D eigenvalue weighted by molar-refractivity contribution is -0.154. The van der Waals surface area contributed by atoms with Crippen molar-refractivity contribution in [1.29, 1.82) is 0 Å². The molecule has 1 atom stereocenters. The Hall–Kier alpha value is -1.88. The predicted molar refractivity (Wildman–Crippen MR) is 89.5 cm³/mol. The molecule has 1 unspecified atom stereocenters. The normalized spacial score (nSPS) is 31.2. The number of carbonyl (C=O) groups excluding carboxylic acids is 1. The fourth-order valence-electron chi connectivity index (χ4n) is 5.05. The zero-order valence-electron chi connectivity index (χ0n) is 13.8. The summed E-state index contributed by atoms with van der Waals surface area (Å²) in [6, 6.07) is 6.41. The number of aromatic nitrogens is 2. The maximum Gasteiger partial charge on any atom is 0.225 e. The summed E-state index contributed by atoms with van der Waals surface area (Å²) in [5.74, 6) is 0.926. The SMILES string of the molecule is O=C(C1CC(O)C1)N1CC2(CCC(c3cccn4nccc34)C2)C1. The van der Waals surface area contributed by atoms with Gasteiger partial charge in [0.15, 0.2) is 0 Å². The third kappa shape index (κ3) is 2.10. The van der Waals surface area contributed by atoms with Crippen molar-refractivity contribution >= 4 is 11.4 Å². The second-order valence-electron chi connectivity index (χ2n) is 8.08. The third-order valence-electron chi connectivity index (χ3n) is 6.44. The van der Waals surface area contributed by atoms with Crippen LogP contribution in [-0.2, 0) is 4.79 Å². The van der Waals surface area contributed by atoms with Crippen molar-refractivity contribution in [1.82, 2.24) is 14.5 Å². The Bertz CT molecular complexity index is 787. The largest absolute Gasteiger partial charge is 0.393 e. The zero-order valence-corrected chi connectivity index (χ0v) is 13.8. The standard InChI is InChI=1S/C19H23N3O2/c23-15-8-14(9-15)18(24)21-11-19(12-21)5-3-13(10-19)16-2-1-7-22-17(16)4-6-20-22/h1-2,4,6-7,13-15,23H,3,5,8-12H2. The molecule has 5 rings (SSSR count). The van der Waals surface area contributed by atoms with Crippen LogP contribution >= 0.6 is 0 Å². The average molecular weight is 325 g/mol. The van der Waals surface area contributed by atoms with Crippen LogP contribution in [0.15, 0.2) is 30.6 Å². The Morgan fingerprint density at radius 1 is 1.29 bits per heavy atom. The first-order valence-electron chi connectivity index (χ1n) is 9.03. The van der Waals surface area contributed by atoms with Crippen LogP contribution in [0.25, 0.3) is 5.52 Å². The molecule has 2 aromatic rings. The van der Waals surface area contributed by atoms with Gasteiger partial charge in [-0.25, -0.2) is 4.52 Å². The number of aliphatic hydroxyl groups excluding tert-OH is 1. The van der Waals surface area contributed by atoms with Crippen molar-refractivity contribution in [3.05, 3.63) is 36.2 Å². The summed E-state index contributed by atoms with van der Waals surface area (Å²) in [6.45, 7) is 1.83. The predicted octanol–water partition coefficient (Wildman–Crippen LogP) is 2.20.